The molecular formula is C28H30N2O3. The molecule has 0 amide bonds. The third-order valence-electron chi connectivity index (χ3n) is 7.13. The smallest absolute Gasteiger partial charge is 0.337 e. The van der Waals surface area contributed by atoms with E-state index in [2.05, 4.69) is 22.4 Å². The van der Waals surface area contributed by atoms with Crippen LogP contribution in [0.25, 0.3) is 0 Å². The fourth-order valence-electron chi connectivity index (χ4n) is 5.51. The molecular weight excluding hydrogens is 412 g/mol. The van der Waals surface area contributed by atoms with E-state index in [9.17, 15) is 9.59 Å². The molecule has 2 aliphatic carbocycles. The number of ether oxygens (including phenoxy) is 1. The molecule has 1 N–H and O–H groups in total. The van der Waals surface area contributed by atoms with E-state index in [4.69, 9.17) is 4.74 Å². The first-order chi connectivity index (χ1) is 16.1. The summed E-state index contributed by atoms with van der Waals surface area (Å²) in [7, 11) is 0. The van der Waals surface area contributed by atoms with E-state index in [1.165, 1.54) is 6.42 Å². The van der Waals surface area contributed by atoms with E-state index in [1.54, 1.807) is 6.20 Å². The van der Waals surface area contributed by atoms with Crippen molar-refractivity contribution in [1.29, 1.82) is 0 Å². The lowest BCUT2D eigenvalue weighted by Gasteiger charge is -2.36. The lowest BCUT2D eigenvalue weighted by atomic mass is 9.73. The Kier molecular flexibility index (Phi) is 6.12. The summed E-state index contributed by atoms with van der Waals surface area (Å²) in [6.07, 6.45) is 8.03. The largest absolute Gasteiger partial charge is 0.459 e. The Labute approximate surface area is 195 Å². The van der Waals surface area contributed by atoms with Crippen molar-refractivity contribution in [3.8, 4) is 0 Å². The zero-order valence-electron chi connectivity index (χ0n) is 19.0. The Morgan fingerprint density at radius 3 is 2.48 bits per heavy atom. The van der Waals surface area contributed by atoms with Gasteiger partial charge in [0.25, 0.3) is 0 Å². The van der Waals surface area contributed by atoms with Crippen LogP contribution in [0.5, 0.6) is 0 Å². The van der Waals surface area contributed by atoms with Gasteiger partial charge in [-0.1, -0.05) is 42.8 Å². The van der Waals surface area contributed by atoms with Crippen LogP contribution < -0.4 is 5.32 Å². The normalized spacial score (nSPS) is 23.7. The number of benzene rings is 1. The predicted molar refractivity (Wildman–Crippen MR) is 126 cm³/mol. The number of allylic oxidation sites excluding steroid dienone is 3. The maximum Gasteiger partial charge on any atom is 0.337 e. The summed E-state index contributed by atoms with van der Waals surface area (Å²) in [6, 6.07) is 15.8. The number of pyridine rings is 1. The van der Waals surface area contributed by atoms with E-state index in [1.807, 2.05) is 43.3 Å². The molecule has 1 aromatic heterocycles. The number of hydrogen-bond donors (Lipinski definition) is 1. The lowest BCUT2D eigenvalue weighted by Crippen LogP contribution is -2.37. The number of hydrogen-bond acceptors (Lipinski definition) is 5. The summed E-state index contributed by atoms with van der Waals surface area (Å²) in [5.74, 6) is -0.628. The average molecular weight is 443 g/mol. The quantitative estimate of drug-likeness (QED) is 0.649. The number of ketones is 1. The third-order valence-corrected chi connectivity index (χ3v) is 7.13. The van der Waals surface area contributed by atoms with Crippen LogP contribution in [-0.2, 0) is 14.3 Å². The van der Waals surface area contributed by atoms with Gasteiger partial charge in [-0.25, -0.2) is 4.79 Å². The second-order valence-corrected chi connectivity index (χ2v) is 9.35. The van der Waals surface area contributed by atoms with Gasteiger partial charge in [0.1, 0.15) is 6.10 Å². The zero-order chi connectivity index (χ0) is 22.8. The summed E-state index contributed by atoms with van der Waals surface area (Å²) >= 11 is 0. The van der Waals surface area contributed by atoms with Crippen molar-refractivity contribution < 1.29 is 14.3 Å². The van der Waals surface area contributed by atoms with Gasteiger partial charge in [-0.3, -0.25) is 9.78 Å². The molecule has 3 aliphatic rings. The Balaban J connectivity index is 1.51. The molecule has 0 spiro atoms. The number of nitrogens with zero attached hydrogens (tertiary/aromatic N) is 1. The molecule has 170 valence electrons. The average Bonchev–Trinajstić information content (AvgIpc) is 2.84. The van der Waals surface area contributed by atoms with Gasteiger partial charge in [0.2, 0.25) is 0 Å². The number of dihydropyridines is 1. The van der Waals surface area contributed by atoms with Gasteiger partial charge in [-0.2, -0.15) is 0 Å². The molecule has 5 nitrogen and oxygen atoms in total. The molecule has 0 unspecified atom stereocenters. The van der Waals surface area contributed by atoms with Crippen LogP contribution in [0.1, 0.15) is 75.0 Å². The van der Waals surface area contributed by atoms with Crippen LogP contribution in [0.15, 0.2) is 77.3 Å². The highest BCUT2D eigenvalue weighted by atomic mass is 16.5. The van der Waals surface area contributed by atoms with E-state index < -0.39 is 5.92 Å². The van der Waals surface area contributed by atoms with Crippen LogP contribution in [-0.4, -0.2) is 22.8 Å². The molecule has 0 saturated heterocycles. The van der Waals surface area contributed by atoms with E-state index >= 15 is 0 Å². The summed E-state index contributed by atoms with van der Waals surface area (Å²) in [6.45, 7) is 1.91. The fraction of sp³-hybridized carbons (Fsp3) is 0.393. The number of carbonyl (C=O) groups excluding carboxylic acids is 2. The Hall–Kier alpha value is -3.21. The molecule has 5 rings (SSSR count). The molecule has 0 bridgehead atoms. The summed E-state index contributed by atoms with van der Waals surface area (Å²) in [5.41, 5.74) is 4.73. The van der Waals surface area contributed by atoms with Crippen molar-refractivity contribution in [1.82, 2.24) is 10.3 Å². The standard InChI is InChI=1S/C28H30N2O3/c1-18-25(28(32)33-21-12-6-3-7-13-21)27(22-14-8-9-15-29-22)26-23(30-18)16-20(17-24(26)31)19-10-4-2-5-11-19/h2,4-5,8-11,14-15,20-21,27,30H,3,6-7,12-13,16-17H2,1H3/t20-,27+/m1/s1. The maximum atomic E-state index is 13.6. The second kappa shape index (κ2) is 9.34. The van der Waals surface area contributed by atoms with Crippen molar-refractivity contribution in [3.63, 3.8) is 0 Å². The van der Waals surface area contributed by atoms with Crippen molar-refractivity contribution in [2.75, 3.05) is 0 Å². The van der Waals surface area contributed by atoms with Gasteiger partial charge in [-0.05, 0) is 62.6 Å². The first kappa shape index (κ1) is 21.6. The molecule has 5 heteroatoms. The van der Waals surface area contributed by atoms with Gasteiger partial charge < -0.3 is 10.1 Å². The molecule has 1 fully saturated rings. The fourth-order valence-corrected chi connectivity index (χ4v) is 5.51. The van der Waals surface area contributed by atoms with Gasteiger partial charge in [0.15, 0.2) is 5.78 Å². The van der Waals surface area contributed by atoms with Crippen LogP contribution in [0.2, 0.25) is 0 Å². The molecule has 1 aromatic carbocycles. The lowest BCUT2D eigenvalue weighted by molar-refractivity contribution is -0.146. The number of nitrogens with one attached hydrogen (secondary N) is 1. The molecule has 2 heterocycles. The first-order valence-corrected chi connectivity index (χ1v) is 12.0. The van der Waals surface area contributed by atoms with E-state index in [0.717, 1.165) is 49.1 Å². The number of Topliss-reactive ketones (excluding diaryl/α,β-unsaturated/α-hetero) is 1. The predicted octanol–water partition coefficient (Wildman–Crippen LogP) is 5.32. The van der Waals surface area contributed by atoms with Crippen molar-refractivity contribution >= 4 is 11.8 Å². The molecule has 0 radical (unpaired) electrons. The second-order valence-electron chi connectivity index (χ2n) is 9.35. The Morgan fingerprint density at radius 1 is 1.00 bits per heavy atom. The number of esters is 1. The number of aromatic nitrogens is 1. The highest BCUT2D eigenvalue weighted by Crippen LogP contribution is 2.45. The van der Waals surface area contributed by atoms with Gasteiger partial charge in [-0.15, -0.1) is 0 Å². The minimum absolute atomic E-state index is 0.0455. The van der Waals surface area contributed by atoms with Gasteiger partial charge in [0.05, 0.1) is 17.2 Å². The Bertz CT molecular complexity index is 1100. The first-order valence-electron chi connectivity index (χ1n) is 12.0. The van der Waals surface area contributed by atoms with Crippen molar-refractivity contribution in [2.45, 2.75) is 69.8 Å². The zero-order valence-corrected chi connectivity index (χ0v) is 19.0. The van der Waals surface area contributed by atoms with Crippen LogP contribution in [0.4, 0.5) is 0 Å². The summed E-state index contributed by atoms with van der Waals surface area (Å²) in [5, 5.41) is 3.43. The minimum atomic E-state index is -0.497. The van der Waals surface area contributed by atoms with Crippen LogP contribution in [0.3, 0.4) is 0 Å². The molecule has 2 atom stereocenters. The molecule has 2 aromatic rings. The third kappa shape index (κ3) is 4.37. The molecule has 1 saturated carbocycles. The number of rotatable bonds is 4. The van der Waals surface area contributed by atoms with Gasteiger partial charge in [0, 0.05) is 29.6 Å². The van der Waals surface area contributed by atoms with Crippen molar-refractivity contribution in [3.05, 3.63) is 88.5 Å². The minimum Gasteiger partial charge on any atom is -0.459 e. The molecule has 1 aliphatic heterocycles. The highest BCUT2D eigenvalue weighted by molar-refractivity contribution is 6.04. The maximum absolute atomic E-state index is 13.6. The van der Waals surface area contributed by atoms with Crippen molar-refractivity contribution in [2.24, 2.45) is 0 Å². The van der Waals surface area contributed by atoms with E-state index in [-0.39, 0.29) is 23.8 Å². The monoisotopic (exact) mass is 442 g/mol. The Morgan fingerprint density at radius 2 is 1.76 bits per heavy atom. The summed E-state index contributed by atoms with van der Waals surface area (Å²) < 4.78 is 5.96. The topological polar surface area (TPSA) is 68.3 Å². The molecule has 33 heavy (non-hydrogen) atoms. The van der Waals surface area contributed by atoms with E-state index in [0.29, 0.717) is 23.3 Å². The number of carbonyl (C=O) groups is 2. The SMILES string of the molecule is CC1=C(C(=O)OC2CCCCC2)[C@H](c2ccccn2)C2=C(C[C@@H](c3ccccc3)CC2=O)N1. The highest BCUT2D eigenvalue weighted by Gasteiger charge is 2.42. The van der Waals surface area contributed by atoms with Gasteiger partial charge >= 0.3 is 5.97 Å². The summed E-state index contributed by atoms with van der Waals surface area (Å²) in [4.78, 5) is 31.6. The van der Waals surface area contributed by atoms with Crippen LogP contribution in [0, 0.1) is 0 Å². The van der Waals surface area contributed by atoms with Crippen LogP contribution >= 0.6 is 0 Å².